The zero-order chi connectivity index (χ0) is 12.4. The van der Waals surface area contributed by atoms with Gasteiger partial charge in [0.15, 0.2) is 5.82 Å². The first kappa shape index (κ1) is 10.9. The Hall–Kier alpha value is -2.20. The molecule has 0 spiro atoms. The number of rotatable bonds is 2. The lowest BCUT2D eigenvalue weighted by atomic mass is 10.2. The zero-order valence-corrected chi connectivity index (χ0v) is 10.4. The largest absolute Gasteiger partial charge is 0.399 e. The van der Waals surface area contributed by atoms with Crippen molar-refractivity contribution in [3.63, 3.8) is 0 Å². The van der Waals surface area contributed by atoms with Crippen LogP contribution in [0.25, 0.3) is 22.0 Å². The van der Waals surface area contributed by atoms with E-state index in [-0.39, 0.29) is 0 Å². The summed E-state index contributed by atoms with van der Waals surface area (Å²) >= 11 is 1.67. The van der Waals surface area contributed by atoms with Gasteiger partial charge in [-0.05, 0) is 41.8 Å². The smallest absolute Gasteiger partial charge is 0.159 e. The maximum Gasteiger partial charge on any atom is 0.159 e. The number of nitrogen functional groups attached to an aromatic ring is 1. The van der Waals surface area contributed by atoms with Crippen molar-refractivity contribution in [3.8, 4) is 22.0 Å². The highest BCUT2D eigenvalue weighted by Crippen LogP contribution is 2.24. The quantitative estimate of drug-likeness (QED) is 0.712. The highest BCUT2D eigenvalue weighted by molar-refractivity contribution is 7.13. The van der Waals surface area contributed by atoms with Crippen molar-refractivity contribution in [1.29, 1.82) is 0 Å². The Balaban J connectivity index is 2.03. The molecule has 3 rings (SSSR count). The standard InChI is InChI=1S/C14H11N3S/c15-11-5-3-10(4-6-11)14-16-8-7-12(17-14)13-2-1-9-18-13/h1-9H,15H2. The molecule has 88 valence electrons. The summed E-state index contributed by atoms with van der Waals surface area (Å²) in [5, 5.41) is 2.04. The molecule has 2 aromatic heterocycles. The van der Waals surface area contributed by atoms with Gasteiger partial charge in [0.1, 0.15) is 0 Å². The molecular weight excluding hydrogens is 242 g/mol. The van der Waals surface area contributed by atoms with Crippen molar-refractivity contribution in [2.24, 2.45) is 0 Å². The van der Waals surface area contributed by atoms with Gasteiger partial charge >= 0.3 is 0 Å². The predicted octanol–water partition coefficient (Wildman–Crippen LogP) is 3.45. The normalized spacial score (nSPS) is 10.4. The van der Waals surface area contributed by atoms with Crippen molar-refractivity contribution in [2.75, 3.05) is 5.73 Å². The van der Waals surface area contributed by atoms with Crippen LogP contribution in [0.5, 0.6) is 0 Å². The number of aromatic nitrogens is 2. The summed E-state index contributed by atoms with van der Waals surface area (Å²) in [6, 6.07) is 13.6. The van der Waals surface area contributed by atoms with Crippen molar-refractivity contribution in [2.45, 2.75) is 0 Å². The third-order valence-corrected chi connectivity index (χ3v) is 3.49. The second kappa shape index (κ2) is 4.58. The molecule has 4 heteroatoms. The number of benzene rings is 1. The van der Waals surface area contributed by atoms with Gasteiger partial charge in [-0.1, -0.05) is 6.07 Å². The molecule has 0 aliphatic carbocycles. The minimum absolute atomic E-state index is 0.723. The zero-order valence-electron chi connectivity index (χ0n) is 9.58. The first-order valence-electron chi connectivity index (χ1n) is 5.56. The lowest BCUT2D eigenvalue weighted by Crippen LogP contribution is -1.91. The molecular formula is C14H11N3S. The van der Waals surface area contributed by atoms with Gasteiger partial charge in [-0.3, -0.25) is 0 Å². The molecule has 0 unspecified atom stereocenters. The van der Waals surface area contributed by atoms with E-state index >= 15 is 0 Å². The van der Waals surface area contributed by atoms with E-state index in [4.69, 9.17) is 5.73 Å². The molecule has 0 fully saturated rings. The Labute approximate surface area is 109 Å². The van der Waals surface area contributed by atoms with Gasteiger partial charge in [0.25, 0.3) is 0 Å². The molecule has 0 radical (unpaired) electrons. The Morgan fingerprint density at radius 3 is 2.56 bits per heavy atom. The minimum Gasteiger partial charge on any atom is -0.399 e. The molecule has 0 saturated carbocycles. The summed E-state index contributed by atoms with van der Waals surface area (Å²) in [5.41, 5.74) is 8.34. The first-order valence-corrected chi connectivity index (χ1v) is 6.44. The minimum atomic E-state index is 0.723. The van der Waals surface area contributed by atoms with E-state index in [1.54, 1.807) is 17.5 Å². The molecule has 3 aromatic rings. The van der Waals surface area contributed by atoms with E-state index < -0.39 is 0 Å². The van der Waals surface area contributed by atoms with Crippen LogP contribution in [0.15, 0.2) is 54.0 Å². The Kier molecular flexibility index (Phi) is 2.78. The van der Waals surface area contributed by atoms with Crippen molar-refractivity contribution in [1.82, 2.24) is 9.97 Å². The van der Waals surface area contributed by atoms with Gasteiger partial charge < -0.3 is 5.73 Å². The SMILES string of the molecule is Nc1ccc(-c2nccc(-c3cccs3)n2)cc1. The van der Waals surface area contributed by atoms with Gasteiger partial charge in [0, 0.05) is 17.4 Å². The number of hydrogen-bond acceptors (Lipinski definition) is 4. The van der Waals surface area contributed by atoms with Crippen LogP contribution in [0, 0.1) is 0 Å². The van der Waals surface area contributed by atoms with E-state index in [0.29, 0.717) is 0 Å². The molecule has 2 heterocycles. The summed E-state index contributed by atoms with van der Waals surface area (Å²) < 4.78 is 0. The van der Waals surface area contributed by atoms with Crippen molar-refractivity contribution < 1.29 is 0 Å². The molecule has 1 aromatic carbocycles. The van der Waals surface area contributed by atoms with Gasteiger partial charge in [0.05, 0.1) is 10.6 Å². The average Bonchev–Trinajstić information content (AvgIpc) is 2.94. The maximum atomic E-state index is 5.67. The fraction of sp³-hybridized carbons (Fsp3) is 0. The molecule has 0 saturated heterocycles. The molecule has 0 aliphatic rings. The highest BCUT2D eigenvalue weighted by atomic mass is 32.1. The van der Waals surface area contributed by atoms with Gasteiger partial charge in [0.2, 0.25) is 0 Å². The molecule has 0 amide bonds. The summed E-state index contributed by atoms with van der Waals surface area (Å²) in [7, 11) is 0. The lowest BCUT2D eigenvalue weighted by Gasteiger charge is -2.02. The van der Waals surface area contributed by atoms with Crippen molar-refractivity contribution >= 4 is 17.0 Å². The first-order chi connectivity index (χ1) is 8.83. The average molecular weight is 253 g/mol. The monoisotopic (exact) mass is 253 g/mol. The maximum absolute atomic E-state index is 5.67. The van der Waals surface area contributed by atoms with E-state index in [0.717, 1.165) is 27.6 Å². The molecule has 3 nitrogen and oxygen atoms in total. The fourth-order valence-electron chi connectivity index (χ4n) is 1.69. The molecule has 0 bridgehead atoms. The number of thiophene rings is 1. The molecule has 0 aliphatic heterocycles. The van der Waals surface area contributed by atoms with E-state index in [1.165, 1.54) is 0 Å². The second-order valence-corrected chi connectivity index (χ2v) is 4.81. The Morgan fingerprint density at radius 1 is 1.00 bits per heavy atom. The lowest BCUT2D eigenvalue weighted by molar-refractivity contribution is 1.18. The van der Waals surface area contributed by atoms with Crippen LogP contribution in [0.3, 0.4) is 0 Å². The fourth-order valence-corrected chi connectivity index (χ4v) is 2.39. The van der Waals surface area contributed by atoms with Gasteiger partial charge in [-0.15, -0.1) is 11.3 Å². The summed E-state index contributed by atoms with van der Waals surface area (Å²) in [5.74, 6) is 0.723. The third kappa shape index (κ3) is 2.10. The summed E-state index contributed by atoms with van der Waals surface area (Å²) in [4.78, 5) is 10.0. The van der Waals surface area contributed by atoms with Crippen LogP contribution >= 0.6 is 11.3 Å². The Bertz CT molecular complexity index is 645. The number of nitrogens with zero attached hydrogens (tertiary/aromatic N) is 2. The number of nitrogens with two attached hydrogens (primary N) is 1. The molecule has 18 heavy (non-hydrogen) atoms. The number of hydrogen-bond donors (Lipinski definition) is 1. The predicted molar refractivity (Wildman–Crippen MR) is 75.2 cm³/mol. The van der Waals surface area contributed by atoms with Crippen LogP contribution in [0.4, 0.5) is 5.69 Å². The van der Waals surface area contributed by atoms with Crippen LogP contribution in [0.1, 0.15) is 0 Å². The van der Waals surface area contributed by atoms with Crippen LogP contribution in [-0.2, 0) is 0 Å². The van der Waals surface area contributed by atoms with Crippen LogP contribution < -0.4 is 5.73 Å². The van der Waals surface area contributed by atoms with Gasteiger partial charge in [-0.25, -0.2) is 9.97 Å². The summed E-state index contributed by atoms with van der Waals surface area (Å²) in [6.45, 7) is 0. The molecule has 0 atom stereocenters. The second-order valence-electron chi connectivity index (χ2n) is 3.86. The van der Waals surface area contributed by atoms with E-state index in [9.17, 15) is 0 Å². The van der Waals surface area contributed by atoms with Crippen LogP contribution in [0.2, 0.25) is 0 Å². The van der Waals surface area contributed by atoms with E-state index in [1.807, 2.05) is 41.8 Å². The Morgan fingerprint density at radius 2 is 1.83 bits per heavy atom. The van der Waals surface area contributed by atoms with E-state index in [2.05, 4.69) is 16.0 Å². The molecule has 2 N–H and O–H groups in total. The van der Waals surface area contributed by atoms with Crippen molar-refractivity contribution in [3.05, 3.63) is 54.0 Å². The van der Waals surface area contributed by atoms with Gasteiger partial charge in [-0.2, -0.15) is 0 Å². The highest BCUT2D eigenvalue weighted by Gasteiger charge is 2.04. The summed E-state index contributed by atoms with van der Waals surface area (Å²) in [6.07, 6.45) is 1.79. The third-order valence-electron chi connectivity index (χ3n) is 2.60. The number of anilines is 1. The topological polar surface area (TPSA) is 51.8 Å². The van der Waals surface area contributed by atoms with Crippen LogP contribution in [-0.4, -0.2) is 9.97 Å².